The summed E-state index contributed by atoms with van der Waals surface area (Å²) in [5.74, 6) is -0.0974. The number of hydrogen-bond acceptors (Lipinski definition) is 5. The quantitative estimate of drug-likeness (QED) is 0.896. The fraction of sp³-hybridized carbons (Fsp3) is 0.385. The molecule has 0 spiro atoms. The molecule has 2 heterocycles. The first-order valence-electron chi connectivity index (χ1n) is 6.26. The van der Waals surface area contributed by atoms with Crippen LogP contribution < -0.4 is 11.1 Å². The van der Waals surface area contributed by atoms with Crippen molar-refractivity contribution in [3.05, 3.63) is 23.7 Å². The second-order valence-corrected chi connectivity index (χ2v) is 5.47. The lowest BCUT2D eigenvalue weighted by Crippen LogP contribution is -2.29. The number of carbonyl (C=O) groups is 1. The van der Waals surface area contributed by atoms with Gasteiger partial charge in [0.1, 0.15) is 6.10 Å². The van der Waals surface area contributed by atoms with Gasteiger partial charge in [0.15, 0.2) is 0 Å². The van der Waals surface area contributed by atoms with Gasteiger partial charge < -0.3 is 15.8 Å². The molecule has 2 unspecified atom stereocenters. The lowest BCUT2D eigenvalue weighted by molar-refractivity contribution is -0.126. The largest absolute Gasteiger partial charge is 0.364 e. The number of amides is 1. The fourth-order valence-corrected chi connectivity index (χ4v) is 2.94. The number of aromatic nitrogens is 1. The van der Waals surface area contributed by atoms with Crippen molar-refractivity contribution in [2.45, 2.75) is 25.0 Å². The molecule has 1 fully saturated rings. The van der Waals surface area contributed by atoms with Gasteiger partial charge in [0.25, 0.3) is 5.91 Å². The van der Waals surface area contributed by atoms with Crippen molar-refractivity contribution in [1.82, 2.24) is 4.98 Å². The average molecular weight is 277 g/mol. The summed E-state index contributed by atoms with van der Waals surface area (Å²) >= 11 is 1.55. The molecule has 19 heavy (non-hydrogen) atoms. The van der Waals surface area contributed by atoms with Gasteiger partial charge in [-0.15, -0.1) is 11.3 Å². The number of thiazole rings is 1. The highest BCUT2D eigenvalue weighted by atomic mass is 32.1. The number of anilines is 1. The minimum atomic E-state index is -0.384. The molecule has 1 saturated heterocycles. The van der Waals surface area contributed by atoms with Crippen molar-refractivity contribution in [2.24, 2.45) is 5.73 Å². The standard InChI is InChI=1S/C13H15N3O2S/c14-6-9-2-4-11(18-9)13(17)16-8-1-3-10-12(5-8)19-7-15-10/h1,3,5,7,9,11H,2,4,6,14H2,(H,16,17). The number of carbonyl (C=O) groups excluding carboxylic acids is 1. The van der Waals surface area contributed by atoms with E-state index in [2.05, 4.69) is 10.3 Å². The highest BCUT2D eigenvalue weighted by Crippen LogP contribution is 2.24. The number of rotatable bonds is 3. The van der Waals surface area contributed by atoms with Crippen LogP contribution in [-0.4, -0.2) is 29.6 Å². The second-order valence-electron chi connectivity index (χ2n) is 4.58. The molecule has 2 aromatic rings. The zero-order chi connectivity index (χ0) is 13.2. The van der Waals surface area contributed by atoms with Crippen LogP contribution in [0.5, 0.6) is 0 Å². The van der Waals surface area contributed by atoms with Gasteiger partial charge in [0.05, 0.1) is 21.8 Å². The Morgan fingerprint density at radius 1 is 1.53 bits per heavy atom. The van der Waals surface area contributed by atoms with E-state index in [1.807, 2.05) is 18.2 Å². The Kier molecular flexibility index (Phi) is 3.46. The van der Waals surface area contributed by atoms with E-state index in [9.17, 15) is 4.79 Å². The smallest absolute Gasteiger partial charge is 0.253 e. The summed E-state index contributed by atoms with van der Waals surface area (Å²) in [5, 5.41) is 2.88. The highest BCUT2D eigenvalue weighted by molar-refractivity contribution is 7.16. The molecule has 5 nitrogen and oxygen atoms in total. The summed E-state index contributed by atoms with van der Waals surface area (Å²) in [6.45, 7) is 0.469. The van der Waals surface area contributed by atoms with Gasteiger partial charge in [-0.2, -0.15) is 0 Å². The van der Waals surface area contributed by atoms with Crippen LogP contribution in [-0.2, 0) is 9.53 Å². The summed E-state index contributed by atoms with van der Waals surface area (Å²) in [5.41, 5.74) is 9.06. The number of ether oxygens (including phenoxy) is 1. The number of benzene rings is 1. The summed E-state index contributed by atoms with van der Waals surface area (Å²) in [4.78, 5) is 16.3. The Morgan fingerprint density at radius 3 is 3.21 bits per heavy atom. The Balaban J connectivity index is 1.68. The topological polar surface area (TPSA) is 77.2 Å². The van der Waals surface area contributed by atoms with E-state index in [1.165, 1.54) is 0 Å². The van der Waals surface area contributed by atoms with E-state index in [0.717, 1.165) is 28.7 Å². The fourth-order valence-electron chi connectivity index (χ4n) is 2.23. The maximum atomic E-state index is 12.1. The van der Waals surface area contributed by atoms with Crippen molar-refractivity contribution in [3.8, 4) is 0 Å². The molecular weight excluding hydrogens is 262 g/mol. The Hall–Kier alpha value is -1.50. The molecule has 3 N–H and O–H groups in total. The lowest BCUT2D eigenvalue weighted by atomic mass is 10.2. The number of nitrogens with one attached hydrogen (secondary N) is 1. The average Bonchev–Trinajstić information content (AvgIpc) is 3.06. The van der Waals surface area contributed by atoms with E-state index in [1.54, 1.807) is 16.8 Å². The molecule has 100 valence electrons. The van der Waals surface area contributed by atoms with Crippen LogP contribution in [0.25, 0.3) is 10.2 Å². The van der Waals surface area contributed by atoms with Crippen molar-refractivity contribution >= 4 is 33.1 Å². The van der Waals surface area contributed by atoms with Crippen LogP contribution in [0, 0.1) is 0 Å². The minimum absolute atomic E-state index is 0.0136. The van der Waals surface area contributed by atoms with Gasteiger partial charge >= 0.3 is 0 Å². The first-order valence-corrected chi connectivity index (χ1v) is 7.14. The van der Waals surface area contributed by atoms with Gasteiger partial charge in [0.2, 0.25) is 0 Å². The van der Waals surface area contributed by atoms with Crippen LogP contribution in [0.1, 0.15) is 12.8 Å². The van der Waals surface area contributed by atoms with Crippen LogP contribution in [0.2, 0.25) is 0 Å². The number of hydrogen-bond donors (Lipinski definition) is 2. The van der Waals surface area contributed by atoms with E-state index < -0.39 is 0 Å². The molecule has 0 saturated carbocycles. The van der Waals surface area contributed by atoms with Gasteiger partial charge in [-0.05, 0) is 31.0 Å². The molecular formula is C13H15N3O2S. The first kappa shape index (κ1) is 12.5. The highest BCUT2D eigenvalue weighted by Gasteiger charge is 2.29. The maximum Gasteiger partial charge on any atom is 0.253 e. The molecule has 1 aliphatic heterocycles. The van der Waals surface area contributed by atoms with Gasteiger partial charge in [-0.1, -0.05) is 0 Å². The Bertz CT molecular complexity index is 598. The third-order valence-electron chi connectivity index (χ3n) is 3.26. The zero-order valence-electron chi connectivity index (χ0n) is 10.3. The van der Waals surface area contributed by atoms with E-state index in [4.69, 9.17) is 10.5 Å². The molecule has 1 aromatic carbocycles. The van der Waals surface area contributed by atoms with E-state index in [-0.39, 0.29) is 18.1 Å². The van der Waals surface area contributed by atoms with Crippen LogP contribution in [0.3, 0.4) is 0 Å². The molecule has 1 aliphatic rings. The molecule has 6 heteroatoms. The Labute approximate surface area is 114 Å². The number of nitrogens with two attached hydrogens (primary N) is 1. The predicted octanol–water partition coefficient (Wildman–Crippen LogP) is 1.74. The number of fused-ring (bicyclic) bond motifs is 1. The first-order chi connectivity index (χ1) is 9.26. The van der Waals surface area contributed by atoms with Crippen LogP contribution >= 0.6 is 11.3 Å². The summed E-state index contributed by atoms with van der Waals surface area (Å²) in [7, 11) is 0. The van der Waals surface area contributed by atoms with Gasteiger partial charge in [0, 0.05) is 12.2 Å². The third-order valence-corrected chi connectivity index (χ3v) is 4.05. The molecule has 1 amide bonds. The SMILES string of the molecule is NCC1CCC(C(=O)Nc2ccc3ncsc3c2)O1. The van der Waals surface area contributed by atoms with Crippen LogP contribution in [0.15, 0.2) is 23.7 Å². The monoisotopic (exact) mass is 277 g/mol. The molecule has 0 bridgehead atoms. The minimum Gasteiger partial charge on any atom is -0.364 e. The number of nitrogens with zero attached hydrogens (tertiary/aromatic N) is 1. The van der Waals surface area contributed by atoms with Crippen molar-refractivity contribution in [3.63, 3.8) is 0 Å². The lowest BCUT2D eigenvalue weighted by Gasteiger charge is -2.12. The molecule has 2 atom stereocenters. The van der Waals surface area contributed by atoms with Crippen LogP contribution in [0.4, 0.5) is 5.69 Å². The normalized spacial score (nSPS) is 22.8. The van der Waals surface area contributed by atoms with Gasteiger partial charge in [-0.25, -0.2) is 4.98 Å². The summed E-state index contributed by atoms with van der Waals surface area (Å²) in [6.07, 6.45) is 1.21. The zero-order valence-corrected chi connectivity index (χ0v) is 11.2. The maximum absolute atomic E-state index is 12.1. The second kappa shape index (κ2) is 5.24. The molecule has 3 rings (SSSR count). The van der Waals surface area contributed by atoms with Gasteiger partial charge in [-0.3, -0.25) is 4.79 Å². The third kappa shape index (κ3) is 2.60. The van der Waals surface area contributed by atoms with Crippen molar-refractivity contribution in [2.75, 3.05) is 11.9 Å². The van der Waals surface area contributed by atoms with E-state index >= 15 is 0 Å². The summed E-state index contributed by atoms with van der Waals surface area (Å²) < 4.78 is 6.63. The molecule has 1 aromatic heterocycles. The summed E-state index contributed by atoms with van der Waals surface area (Å²) in [6, 6.07) is 5.69. The van der Waals surface area contributed by atoms with Crippen molar-refractivity contribution < 1.29 is 9.53 Å². The molecule has 0 aliphatic carbocycles. The molecule has 0 radical (unpaired) electrons. The van der Waals surface area contributed by atoms with E-state index in [0.29, 0.717) is 6.54 Å². The predicted molar refractivity (Wildman–Crippen MR) is 75.2 cm³/mol. The van der Waals surface area contributed by atoms with Crippen molar-refractivity contribution in [1.29, 1.82) is 0 Å². The Morgan fingerprint density at radius 2 is 2.42 bits per heavy atom.